The number of aliphatic hydroxyl groups excluding tert-OH is 1. The molecule has 0 aliphatic heterocycles. The second-order valence-corrected chi connectivity index (χ2v) is 8.47. The van der Waals surface area contributed by atoms with Crippen molar-refractivity contribution >= 4 is 0 Å². The fourth-order valence-corrected chi connectivity index (χ4v) is 4.42. The largest absolute Gasteiger partial charge is 0.396 e. The Balaban J connectivity index is 2.14. The first-order valence-electron chi connectivity index (χ1n) is 8.64. The van der Waals surface area contributed by atoms with E-state index in [2.05, 4.69) is 39.8 Å². The average Bonchev–Trinajstić information content (AvgIpc) is 2.44. The van der Waals surface area contributed by atoms with Crippen LogP contribution < -0.4 is 0 Å². The molecule has 1 nitrogen and oxygen atoms in total. The Bertz CT molecular complexity index is 539. The molecule has 1 heteroatoms. The molecule has 0 spiro atoms. The van der Waals surface area contributed by atoms with Crippen molar-refractivity contribution in [1.29, 1.82) is 0 Å². The van der Waals surface area contributed by atoms with Crippen LogP contribution in [0.5, 0.6) is 0 Å². The van der Waals surface area contributed by atoms with Gasteiger partial charge in [0.25, 0.3) is 0 Å². The molecular formula is C20H30O. The SMILES string of the molecule is CC1(C)CCC(C)(C)c2cc3c(cc21)CCCC3CCO. The van der Waals surface area contributed by atoms with Crippen LogP contribution in [0.1, 0.15) is 88.0 Å². The summed E-state index contributed by atoms with van der Waals surface area (Å²) >= 11 is 0. The van der Waals surface area contributed by atoms with Gasteiger partial charge >= 0.3 is 0 Å². The number of fused-ring (bicyclic) bond motifs is 2. The summed E-state index contributed by atoms with van der Waals surface area (Å²) in [4.78, 5) is 0. The van der Waals surface area contributed by atoms with Gasteiger partial charge in [-0.15, -0.1) is 0 Å². The van der Waals surface area contributed by atoms with Gasteiger partial charge in [0, 0.05) is 6.61 Å². The van der Waals surface area contributed by atoms with Crippen LogP contribution in [-0.4, -0.2) is 11.7 Å². The van der Waals surface area contributed by atoms with Gasteiger partial charge in [-0.25, -0.2) is 0 Å². The summed E-state index contributed by atoms with van der Waals surface area (Å²) in [5.74, 6) is 0.574. The van der Waals surface area contributed by atoms with Crippen molar-refractivity contribution in [3.63, 3.8) is 0 Å². The molecule has 21 heavy (non-hydrogen) atoms. The van der Waals surface area contributed by atoms with Gasteiger partial charge in [-0.1, -0.05) is 39.8 Å². The standard InChI is InChI=1S/C20H30O/c1-19(2)9-10-20(3,4)18-13-16-14(8-11-21)6-5-7-15(16)12-17(18)19/h12-14,21H,5-11H2,1-4H3. The summed E-state index contributed by atoms with van der Waals surface area (Å²) in [6.07, 6.45) is 7.23. The zero-order valence-corrected chi connectivity index (χ0v) is 14.1. The van der Waals surface area contributed by atoms with E-state index in [4.69, 9.17) is 0 Å². The van der Waals surface area contributed by atoms with E-state index in [-0.39, 0.29) is 0 Å². The van der Waals surface area contributed by atoms with E-state index < -0.39 is 0 Å². The molecule has 1 aromatic carbocycles. The Kier molecular flexibility index (Phi) is 3.68. The number of hydrogen-bond donors (Lipinski definition) is 1. The predicted molar refractivity (Wildman–Crippen MR) is 89.1 cm³/mol. The first-order valence-corrected chi connectivity index (χ1v) is 8.64. The van der Waals surface area contributed by atoms with Gasteiger partial charge in [-0.05, 0) is 77.5 Å². The number of aryl methyl sites for hydroxylation is 1. The van der Waals surface area contributed by atoms with Crippen LogP contribution >= 0.6 is 0 Å². The molecule has 2 aliphatic rings. The van der Waals surface area contributed by atoms with E-state index in [1.165, 1.54) is 32.1 Å². The lowest BCUT2D eigenvalue weighted by molar-refractivity contribution is 0.269. The number of benzene rings is 1. The molecule has 0 heterocycles. The summed E-state index contributed by atoms with van der Waals surface area (Å²) < 4.78 is 0. The van der Waals surface area contributed by atoms with Crippen molar-refractivity contribution in [3.8, 4) is 0 Å². The van der Waals surface area contributed by atoms with Gasteiger partial charge in [0.1, 0.15) is 0 Å². The molecule has 0 aromatic heterocycles. The highest BCUT2D eigenvalue weighted by molar-refractivity contribution is 5.49. The van der Waals surface area contributed by atoms with Crippen molar-refractivity contribution in [3.05, 3.63) is 34.4 Å². The summed E-state index contributed by atoms with van der Waals surface area (Å²) in [5.41, 5.74) is 6.86. The second kappa shape index (κ2) is 5.12. The van der Waals surface area contributed by atoms with Crippen molar-refractivity contribution in [1.82, 2.24) is 0 Å². The van der Waals surface area contributed by atoms with Crippen LogP contribution in [0.2, 0.25) is 0 Å². The Morgan fingerprint density at radius 3 is 2.29 bits per heavy atom. The lowest BCUT2D eigenvalue weighted by Gasteiger charge is -2.43. The summed E-state index contributed by atoms with van der Waals surface area (Å²) in [6, 6.07) is 5.04. The fraction of sp³-hybridized carbons (Fsp3) is 0.700. The van der Waals surface area contributed by atoms with Gasteiger partial charge in [0.15, 0.2) is 0 Å². The van der Waals surface area contributed by atoms with Crippen molar-refractivity contribution in [2.45, 2.75) is 83.0 Å². The Morgan fingerprint density at radius 2 is 1.67 bits per heavy atom. The maximum atomic E-state index is 9.37. The first kappa shape index (κ1) is 15.1. The fourth-order valence-electron chi connectivity index (χ4n) is 4.42. The van der Waals surface area contributed by atoms with E-state index in [1.54, 1.807) is 22.3 Å². The molecule has 1 aromatic rings. The molecule has 0 amide bonds. The molecule has 3 rings (SSSR count). The van der Waals surface area contributed by atoms with E-state index in [0.717, 1.165) is 6.42 Å². The lowest BCUT2D eigenvalue weighted by atomic mass is 9.61. The third-order valence-electron chi connectivity index (χ3n) is 6.03. The van der Waals surface area contributed by atoms with E-state index in [9.17, 15) is 5.11 Å². The number of rotatable bonds is 2. The molecule has 1 atom stereocenters. The highest BCUT2D eigenvalue weighted by atomic mass is 16.3. The molecule has 116 valence electrons. The minimum absolute atomic E-state index is 0.293. The van der Waals surface area contributed by atoms with E-state index in [1.807, 2.05) is 0 Å². The second-order valence-electron chi connectivity index (χ2n) is 8.47. The van der Waals surface area contributed by atoms with Crippen molar-refractivity contribution in [2.75, 3.05) is 6.61 Å². The zero-order valence-electron chi connectivity index (χ0n) is 14.1. The lowest BCUT2D eigenvalue weighted by Crippen LogP contribution is -2.34. The third-order valence-corrected chi connectivity index (χ3v) is 6.03. The minimum atomic E-state index is 0.293. The van der Waals surface area contributed by atoms with E-state index >= 15 is 0 Å². The molecule has 1 unspecified atom stereocenters. The molecule has 0 saturated heterocycles. The van der Waals surface area contributed by atoms with Crippen molar-refractivity contribution in [2.24, 2.45) is 0 Å². The average molecular weight is 286 g/mol. The van der Waals surface area contributed by atoms with Crippen LogP contribution in [0.3, 0.4) is 0 Å². The van der Waals surface area contributed by atoms with Gasteiger partial charge in [0.05, 0.1) is 0 Å². The first-order chi connectivity index (χ1) is 9.85. The maximum absolute atomic E-state index is 9.37. The highest BCUT2D eigenvalue weighted by Gasteiger charge is 2.38. The van der Waals surface area contributed by atoms with Gasteiger partial charge in [-0.2, -0.15) is 0 Å². The maximum Gasteiger partial charge on any atom is 0.0436 e. The van der Waals surface area contributed by atoms with Crippen LogP contribution in [0, 0.1) is 0 Å². The summed E-state index contributed by atoms with van der Waals surface area (Å²) in [5, 5.41) is 9.37. The minimum Gasteiger partial charge on any atom is -0.396 e. The molecule has 2 aliphatic carbocycles. The van der Waals surface area contributed by atoms with Crippen LogP contribution in [0.4, 0.5) is 0 Å². The normalized spacial score (nSPS) is 26.0. The summed E-state index contributed by atoms with van der Waals surface area (Å²) in [6.45, 7) is 9.92. The molecule has 0 saturated carbocycles. The number of aliphatic hydroxyl groups is 1. The predicted octanol–water partition coefficient (Wildman–Crippen LogP) is 4.84. The van der Waals surface area contributed by atoms with Crippen LogP contribution in [-0.2, 0) is 17.3 Å². The topological polar surface area (TPSA) is 20.2 Å². The van der Waals surface area contributed by atoms with Gasteiger partial charge < -0.3 is 5.11 Å². The molecule has 0 bridgehead atoms. The molecular weight excluding hydrogens is 256 g/mol. The van der Waals surface area contributed by atoms with Gasteiger partial charge in [0.2, 0.25) is 0 Å². The Labute approximate surface area is 129 Å². The van der Waals surface area contributed by atoms with E-state index in [0.29, 0.717) is 23.4 Å². The Hall–Kier alpha value is -0.820. The monoisotopic (exact) mass is 286 g/mol. The number of hydrogen-bond acceptors (Lipinski definition) is 1. The molecule has 0 radical (unpaired) electrons. The van der Waals surface area contributed by atoms with Crippen LogP contribution in [0.25, 0.3) is 0 Å². The third kappa shape index (κ3) is 2.54. The quantitative estimate of drug-likeness (QED) is 0.825. The van der Waals surface area contributed by atoms with Crippen molar-refractivity contribution < 1.29 is 5.11 Å². The zero-order chi connectivity index (χ0) is 15.3. The smallest absolute Gasteiger partial charge is 0.0436 e. The highest BCUT2D eigenvalue weighted by Crippen LogP contribution is 2.48. The van der Waals surface area contributed by atoms with Crippen LogP contribution in [0.15, 0.2) is 12.1 Å². The Morgan fingerprint density at radius 1 is 1.05 bits per heavy atom. The molecule has 0 fully saturated rings. The molecule has 1 N–H and O–H groups in total. The summed E-state index contributed by atoms with van der Waals surface area (Å²) in [7, 11) is 0. The van der Waals surface area contributed by atoms with Gasteiger partial charge in [-0.3, -0.25) is 0 Å².